The average molecular weight is 359 g/mol. The third-order valence-electron chi connectivity index (χ3n) is 4.54. The van der Waals surface area contributed by atoms with E-state index >= 15 is 0 Å². The second-order valence-electron chi connectivity index (χ2n) is 6.53. The highest BCUT2D eigenvalue weighted by molar-refractivity contribution is 5.89. The molecule has 6 heteroatoms. The highest BCUT2D eigenvalue weighted by atomic mass is 16.1. The number of carbonyl (C=O) groups is 1. The number of hydrogen-bond donors (Lipinski definition) is 2. The lowest BCUT2D eigenvalue weighted by Crippen LogP contribution is -2.20. The van der Waals surface area contributed by atoms with Gasteiger partial charge >= 0.3 is 0 Å². The number of fused-ring (bicyclic) bond motifs is 1. The van der Waals surface area contributed by atoms with Gasteiger partial charge in [-0.25, -0.2) is 4.68 Å². The van der Waals surface area contributed by atoms with Crippen LogP contribution >= 0.6 is 0 Å². The minimum absolute atomic E-state index is 0.110. The zero-order valence-electron chi connectivity index (χ0n) is 15.3. The number of benzene rings is 2. The number of anilines is 2. The number of allylic oxidation sites excluding steroid dienone is 1. The van der Waals surface area contributed by atoms with Crippen LogP contribution in [-0.4, -0.2) is 20.7 Å². The second-order valence-corrected chi connectivity index (χ2v) is 6.53. The van der Waals surface area contributed by atoms with E-state index in [4.69, 9.17) is 0 Å². The number of carbonyl (C=O) groups excluding carboxylic acids is 1. The Kier molecular flexibility index (Phi) is 4.46. The van der Waals surface area contributed by atoms with Crippen LogP contribution in [0.25, 0.3) is 5.70 Å². The monoisotopic (exact) mass is 359 g/mol. The molecule has 1 amide bonds. The standard InChI is InChI=1S/C21H21N5O/c1-3-19(27)23-20-24-21-22-17(15-7-5-4-6-8-15)13-18(26(21)25-20)16-11-9-14(2)10-12-16/h4-13,18H,3H2,1-2H3,(H2,22,23,24,25,27). The van der Waals surface area contributed by atoms with Gasteiger partial charge < -0.3 is 5.32 Å². The summed E-state index contributed by atoms with van der Waals surface area (Å²) in [4.78, 5) is 16.2. The molecule has 0 saturated heterocycles. The zero-order valence-corrected chi connectivity index (χ0v) is 15.3. The van der Waals surface area contributed by atoms with E-state index in [1.165, 1.54) is 5.56 Å². The molecule has 1 aliphatic heterocycles. The molecule has 1 aromatic heterocycles. The number of aromatic nitrogens is 3. The van der Waals surface area contributed by atoms with Crippen molar-refractivity contribution in [3.63, 3.8) is 0 Å². The first-order valence-electron chi connectivity index (χ1n) is 9.01. The molecule has 136 valence electrons. The van der Waals surface area contributed by atoms with Crippen molar-refractivity contribution in [2.24, 2.45) is 0 Å². The van der Waals surface area contributed by atoms with Crippen molar-refractivity contribution in [2.45, 2.75) is 26.3 Å². The molecule has 2 aromatic carbocycles. The number of nitrogens with one attached hydrogen (secondary N) is 2. The van der Waals surface area contributed by atoms with Crippen LogP contribution in [0, 0.1) is 6.92 Å². The molecule has 4 rings (SSSR count). The Morgan fingerprint density at radius 1 is 1.15 bits per heavy atom. The molecule has 0 spiro atoms. The quantitative estimate of drug-likeness (QED) is 0.739. The number of nitrogens with zero attached hydrogens (tertiary/aromatic N) is 3. The van der Waals surface area contributed by atoms with Crippen LogP contribution in [0.5, 0.6) is 0 Å². The van der Waals surface area contributed by atoms with Crippen LogP contribution in [0.2, 0.25) is 0 Å². The summed E-state index contributed by atoms with van der Waals surface area (Å²) >= 11 is 0. The maximum atomic E-state index is 11.7. The molecule has 1 atom stereocenters. The molecule has 1 unspecified atom stereocenters. The van der Waals surface area contributed by atoms with E-state index in [2.05, 4.69) is 70.1 Å². The summed E-state index contributed by atoms with van der Waals surface area (Å²) in [7, 11) is 0. The van der Waals surface area contributed by atoms with E-state index in [9.17, 15) is 4.79 Å². The van der Waals surface area contributed by atoms with E-state index in [1.54, 1.807) is 6.92 Å². The molecule has 6 nitrogen and oxygen atoms in total. The van der Waals surface area contributed by atoms with Gasteiger partial charge in [-0.05, 0) is 24.1 Å². The Morgan fingerprint density at radius 2 is 1.89 bits per heavy atom. The van der Waals surface area contributed by atoms with Crippen LogP contribution in [0.4, 0.5) is 11.9 Å². The Morgan fingerprint density at radius 3 is 2.59 bits per heavy atom. The lowest BCUT2D eigenvalue weighted by molar-refractivity contribution is -0.115. The van der Waals surface area contributed by atoms with Crippen molar-refractivity contribution in [3.8, 4) is 0 Å². The fourth-order valence-corrected chi connectivity index (χ4v) is 3.05. The smallest absolute Gasteiger partial charge is 0.250 e. The van der Waals surface area contributed by atoms with Gasteiger partial charge in [0.2, 0.25) is 11.9 Å². The van der Waals surface area contributed by atoms with E-state index in [1.807, 2.05) is 22.9 Å². The summed E-state index contributed by atoms with van der Waals surface area (Å²) in [6.07, 6.45) is 2.51. The van der Waals surface area contributed by atoms with Crippen LogP contribution in [-0.2, 0) is 4.79 Å². The Hall–Kier alpha value is -3.41. The van der Waals surface area contributed by atoms with Crippen LogP contribution in [0.3, 0.4) is 0 Å². The summed E-state index contributed by atoms with van der Waals surface area (Å²) in [5.41, 5.74) is 4.35. The van der Waals surface area contributed by atoms with Crippen molar-refractivity contribution in [1.82, 2.24) is 14.8 Å². The largest absolute Gasteiger partial charge is 0.324 e. The first-order chi connectivity index (χ1) is 13.1. The van der Waals surface area contributed by atoms with Gasteiger partial charge in [-0.1, -0.05) is 67.1 Å². The molecule has 3 aromatic rings. The lowest BCUT2D eigenvalue weighted by Gasteiger charge is -2.24. The van der Waals surface area contributed by atoms with Crippen molar-refractivity contribution in [3.05, 3.63) is 77.4 Å². The summed E-state index contributed by atoms with van der Waals surface area (Å²) in [6.45, 7) is 3.87. The minimum atomic E-state index is -0.114. The SMILES string of the molecule is CCC(=O)Nc1nc2n(n1)C(c1ccc(C)cc1)C=C(c1ccccc1)N2. The van der Waals surface area contributed by atoms with Gasteiger partial charge in [0.25, 0.3) is 5.95 Å². The van der Waals surface area contributed by atoms with Crippen molar-refractivity contribution >= 4 is 23.5 Å². The first-order valence-corrected chi connectivity index (χ1v) is 9.01. The number of hydrogen-bond acceptors (Lipinski definition) is 4. The maximum absolute atomic E-state index is 11.7. The van der Waals surface area contributed by atoms with Crippen LogP contribution in [0.15, 0.2) is 60.7 Å². The molecule has 2 heterocycles. The highest BCUT2D eigenvalue weighted by Crippen LogP contribution is 2.33. The normalized spacial score (nSPS) is 15.5. The Balaban J connectivity index is 1.77. The van der Waals surface area contributed by atoms with Crippen molar-refractivity contribution < 1.29 is 4.79 Å². The third-order valence-corrected chi connectivity index (χ3v) is 4.54. The predicted octanol–water partition coefficient (Wildman–Crippen LogP) is 3.99. The number of amides is 1. The van der Waals surface area contributed by atoms with E-state index in [-0.39, 0.29) is 11.9 Å². The van der Waals surface area contributed by atoms with Crippen molar-refractivity contribution in [1.29, 1.82) is 0 Å². The van der Waals surface area contributed by atoms with Gasteiger partial charge in [-0.3, -0.25) is 10.1 Å². The van der Waals surface area contributed by atoms with E-state index in [0.717, 1.165) is 16.8 Å². The maximum Gasteiger partial charge on any atom is 0.250 e. The molecule has 0 saturated carbocycles. The predicted molar refractivity (Wildman–Crippen MR) is 106 cm³/mol. The molecular weight excluding hydrogens is 338 g/mol. The summed E-state index contributed by atoms with van der Waals surface area (Å²) in [5, 5.41) is 10.6. The molecule has 0 fully saturated rings. The zero-order chi connectivity index (χ0) is 18.8. The molecule has 2 N–H and O–H groups in total. The van der Waals surface area contributed by atoms with E-state index < -0.39 is 0 Å². The molecule has 0 bridgehead atoms. The molecular formula is C21H21N5O. The van der Waals surface area contributed by atoms with Gasteiger partial charge in [0.05, 0.1) is 0 Å². The van der Waals surface area contributed by atoms with Gasteiger partial charge in [-0.15, -0.1) is 5.10 Å². The number of rotatable bonds is 4. The number of aryl methyl sites for hydroxylation is 1. The van der Waals surface area contributed by atoms with E-state index in [0.29, 0.717) is 18.3 Å². The molecule has 1 aliphatic rings. The topological polar surface area (TPSA) is 71.8 Å². The highest BCUT2D eigenvalue weighted by Gasteiger charge is 2.25. The van der Waals surface area contributed by atoms with Gasteiger partial charge in [0, 0.05) is 12.1 Å². The fraction of sp³-hybridized carbons (Fsp3) is 0.190. The minimum Gasteiger partial charge on any atom is -0.324 e. The van der Waals surface area contributed by atoms with Crippen LogP contribution < -0.4 is 10.6 Å². The summed E-state index contributed by atoms with van der Waals surface area (Å²) < 4.78 is 1.81. The molecule has 0 radical (unpaired) electrons. The van der Waals surface area contributed by atoms with Crippen molar-refractivity contribution in [2.75, 3.05) is 10.6 Å². The van der Waals surface area contributed by atoms with Gasteiger partial charge in [0.1, 0.15) is 6.04 Å². The second kappa shape index (κ2) is 7.07. The van der Waals surface area contributed by atoms with Crippen LogP contribution in [0.1, 0.15) is 36.1 Å². The average Bonchev–Trinajstić information content (AvgIpc) is 3.10. The molecule has 27 heavy (non-hydrogen) atoms. The Bertz CT molecular complexity index is 989. The summed E-state index contributed by atoms with van der Waals surface area (Å²) in [6, 6.07) is 18.4. The lowest BCUT2D eigenvalue weighted by atomic mass is 10.0. The summed E-state index contributed by atoms with van der Waals surface area (Å²) in [5.74, 6) is 0.804. The van der Waals surface area contributed by atoms with Gasteiger partial charge in [-0.2, -0.15) is 4.98 Å². The fourth-order valence-electron chi connectivity index (χ4n) is 3.05. The third kappa shape index (κ3) is 3.46. The first kappa shape index (κ1) is 17.0. The van der Waals surface area contributed by atoms with Gasteiger partial charge in [0.15, 0.2) is 0 Å². The Labute approximate surface area is 157 Å². The molecule has 0 aliphatic carbocycles.